The molecule has 0 aliphatic rings. The molecule has 5 nitrogen and oxygen atoms in total. The van der Waals surface area contributed by atoms with E-state index in [-0.39, 0.29) is 0 Å². The zero-order valence-electron chi connectivity index (χ0n) is 12.8. The van der Waals surface area contributed by atoms with E-state index in [0.29, 0.717) is 0 Å². The number of H-pyrrole nitrogens is 1. The van der Waals surface area contributed by atoms with Crippen LogP contribution in [0.3, 0.4) is 0 Å². The van der Waals surface area contributed by atoms with Gasteiger partial charge in [-0.3, -0.25) is 4.68 Å². The molecule has 2 heterocycles. The van der Waals surface area contributed by atoms with E-state index < -0.39 is 0 Å². The van der Waals surface area contributed by atoms with Gasteiger partial charge in [0, 0.05) is 24.8 Å². The summed E-state index contributed by atoms with van der Waals surface area (Å²) in [5.74, 6) is 0.809. The Kier molecular flexibility index (Phi) is 3.64. The highest BCUT2D eigenvalue weighted by Crippen LogP contribution is 2.18. The monoisotopic (exact) mass is 283 g/mol. The minimum Gasteiger partial charge on any atom is -0.352 e. The maximum absolute atomic E-state index is 4.60. The number of aromatic amines is 1. The van der Waals surface area contributed by atoms with Crippen molar-refractivity contribution in [2.75, 3.05) is 5.32 Å². The lowest BCUT2D eigenvalue weighted by Gasteiger charge is -2.06. The third-order valence-corrected chi connectivity index (χ3v) is 3.85. The quantitative estimate of drug-likeness (QED) is 0.756. The van der Waals surface area contributed by atoms with Gasteiger partial charge in [0.05, 0.1) is 16.7 Å². The number of para-hydroxylation sites is 2. The summed E-state index contributed by atoms with van der Waals surface area (Å²) >= 11 is 0. The van der Waals surface area contributed by atoms with Gasteiger partial charge >= 0.3 is 0 Å². The molecule has 1 aromatic carbocycles. The van der Waals surface area contributed by atoms with E-state index in [1.165, 1.54) is 11.3 Å². The summed E-state index contributed by atoms with van der Waals surface area (Å²) in [4.78, 5) is 7.85. The van der Waals surface area contributed by atoms with Crippen molar-refractivity contribution < 1.29 is 0 Å². The summed E-state index contributed by atoms with van der Waals surface area (Å²) in [5, 5.41) is 7.99. The molecule has 0 unspecified atom stereocenters. The average Bonchev–Trinajstić information content (AvgIpc) is 3.04. The number of aryl methyl sites for hydroxylation is 2. The van der Waals surface area contributed by atoms with Gasteiger partial charge in [-0.1, -0.05) is 26.0 Å². The maximum atomic E-state index is 4.60. The molecule has 2 aromatic heterocycles. The topological polar surface area (TPSA) is 58.5 Å². The number of rotatable bonds is 5. The zero-order valence-corrected chi connectivity index (χ0v) is 12.8. The van der Waals surface area contributed by atoms with Gasteiger partial charge in [0.15, 0.2) is 0 Å². The Hall–Kier alpha value is -2.30. The van der Waals surface area contributed by atoms with Crippen molar-refractivity contribution in [1.82, 2.24) is 19.7 Å². The number of nitrogens with one attached hydrogen (secondary N) is 2. The summed E-state index contributed by atoms with van der Waals surface area (Å²) in [7, 11) is 2.02. The zero-order chi connectivity index (χ0) is 14.8. The molecule has 21 heavy (non-hydrogen) atoms. The van der Waals surface area contributed by atoms with Crippen LogP contribution in [0, 0.1) is 0 Å². The van der Waals surface area contributed by atoms with Gasteiger partial charge in [0.25, 0.3) is 0 Å². The fraction of sp³-hybridized carbons (Fsp3) is 0.375. The third kappa shape index (κ3) is 2.51. The van der Waals surface area contributed by atoms with E-state index in [2.05, 4.69) is 34.2 Å². The van der Waals surface area contributed by atoms with Crippen molar-refractivity contribution in [1.29, 1.82) is 0 Å². The van der Waals surface area contributed by atoms with E-state index in [9.17, 15) is 0 Å². The first-order chi connectivity index (χ1) is 10.2. The SMILES string of the molecule is CCc1nn(C)c(CC)c1CNc1nc2ccccc2[nH]1. The fourth-order valence-electron chi connectivity index (χ4n) is 2.80. The first kappa shape index (κ1) is 13.7. The molecule has 0 radical (unpaired) electrons. The molecule has 0 atom stereocenters. The second kappa shape index (κ2) is 5.60. The van der Waals surface area contributed by atoms with Crippen molar-refractivity contribution in [3.63, 3.8) is 0 Å². The molecule has 0 saturated carbocycles. The predicted octanol–water partition coefficient (Wildman–Crippen LogP) is 3.03. The molecule has 3 aromatic rings. The van der Waals surface area contributed by atoms with Gasteiger partial charge < -0.3 is 10.3 Å². The van der Waals surface area contributed by atoms with Crippen LogP contribution in [0.5, 0.6) is 0 Å². The smallest absolute Gasteiger partial charge is 0.201 e. The highest BCUT2D eigenvalue weighted by atomic mass is 15.3. The number of hydrogen-bond donors (Lipinski definition) is 2. The number of benzene rings is 1. The molecular weight excluding hydrogens is 262 g/mol. The predicted molar refractivity (Wildman–Crippen MR) is 85.4 cm³/mol. The molecule has 110 valence electrons. The van der Waals surface area contributed by atoms with Crippen LogP contribution in [0.2, 0.25) is 0 Å². The molecule has 5 heteroatoms. The minimum absolute atomic E-state index is 0.750. The Morgan fingerprint density at radius 1 is 1.19 bits per heavy atom. The molecular formula is C16H21N5. The van der Waals surface area contributed by atoms with E-state index >= 15 is 0 Å². The van der Waals surface area contributed by atoms with Gasteiger partial charge in [0.1, 0.15) is 0 Å². The molecule has 0 saturated heterocycles. The van der Waals surface area contributed by atoms with Gasteiger partial charge in [-0.25, -0.2) is 4.98 Å². The highest BCUT2D eigenvalue weighted by Gasteiger charge is 2.13. The Balaban J connectivity index is 1.84. The van der Waals surface area contributed by atoms with Crippen molar-refractivity contribution in [3.8, 4) is 0 Å². The second-order valence-corrected chi connectivity index (χ2v) is 5.16. The van der Waals surface area contributed by atoms with Crippen LogP contribution in [-0.2, 0) is 26.4 Å². The summed E-state index contributed by atoms with van der Waals surface area (Å²) < 4.78 is 1.99. The maximum Gasteiger partial charge on any atom is 0.201 e. The Bertz CT molecular complexity index is 720. The molecule has 0 aliphatic carbocycles. The Labute approximate surface area is 124 Å². The molecule has 0 spiro atoms. The van der Waals surface area contributed by atoms with Gasteiger partial charge in [0.2, 0.25) is 5.95 Å². The largest absolute Gasteiger partial charge is 0.352 e. The molecule has 0 fully saturated rings. The van der Waals surface area contributed by atoms with Crippen LogP contribution in [0.15, 0.2) is 24.3 Å². The van der Waals surface area contributed by atoms with Crippen LogP contribution in [0.1, 0.15) is 30.8 Å². The lowest BCUT2D eigenvalue weighted by molar-refractivity contribution is 0.703. The first-order valence-electron chi connectivity index (χ1n) is 7.45. The molecule has 0 amide bonds. The van der Waals surface area contributed by atoms with Crippen molar-refractivity contribution in [2.24, 2.45) is 7.05 Å². The van der Waals surface area contributed by atoms with Crippen LogP contribution in [0.25, 0.3) is 11.0 Å². The fourth-order valence-corrected chi connectivity index (χ4v) is 2.80. The number of nitrogens with zero attached hydrogens (tertiary/aromatic N) is 3. The molecule has 2 N–H and O–H groups in total. The van der Waals surface area contributed by atoms with Crippen LogP contribution >= 0.6 is 0 Å². The summed E-state index contributed by atoms with van der Waals surface area (Å²) in [6, 6.07) is 8.05. The average molecular weight is 283 g/mol. The van der Waals surface area contributed by atoms with E-state index in [4.69, 9.17) is 0 Å². The van der Waals surface area contributed by atoms with Crippen molar-refractivity contribution in [3.05, 3.63) is 41.2 Å². The number of hydrogen-bond acceptors (Lipinski definition) is 3. The second-order valence-electron chi connectivity index (χ2n) is 5.16. The Morgan fingerprint density at radius 2 is 2.00 bits per heavy atom. The minimum atomic E-state index is 0.750. The highest BCUT2D eigenvalue weighted by molar-refractivity contribution is 5.77. The van der Waals surface area contributed by atoms with Crippen LogP contribution < -0.4 is 5.32 Å². The van der Waals surface area contributed by atoms with Crippen LogP contribution in [0.4, 0.5) is 5.95 Å². The molecule has 3 rings (SSSR count). The van der Waals surface area contributed by atoms with Gasteiger partial charge in [-0.2, -0.15) is 5.10 Å². The Morgan fingerprint density at radius 3 is 2.71 bits per heavy atom. The molecule has 0 bridgehead atoms. The van der Waals surface area contributed by atoms with Gasteiger partial charge in [-0.05, 0) is 25.0 Å². The third-order valence-electron chi connectivity index (χ3n) is 3.85. The van der Waals surface area contributed by atoms with E-state index in [1.807, 2.05) is 36.0 Å². The molecule has 0 aliphatic heterocycles. The van der Waals surface area contributed by atoms with Crippen LogP contribution in [-0.4, -0.2) is 19.7 Å². The van der Waals surface area contributed by atoms with Gasteiger partial charge in [-0.15, -0.1) is 0 Å². The van der Waals surface area contributed by atoms with E-state index in [1.54, 1.807) is 0 Å². The number of fused-ring (bicyclic) bond motifs is 1. The number of aromatic nitrogens is 4. The number of anilines is 1. The number of imidazole rings is 1. The first-order valence-corrected chi connectivity index (χ1v) is 7.45. The normalized spacial score (nSPS) is 11.2. The summed E-state index contributed by atoms with van der Waals surface area (Å²) in [6.07, 6.45) is 1.94. The summed E-state index contributed by atoms with van der Waals surface area (Å²) in [5.41, 5.74) is 5.78. The summed E-state index contributed by atoms with van der Waals surface area (Å²) in [6.45, 7) is 5.06. The lowest BCUT2D eigenvalue weighted by Crippen LogP contribution is -2.05. The van der Waals surface area contributed by atoms with Crippen molar-refractivity contribution in [2.45, 2.75) is 33.2 Å². The van der Waals surface area contributed by atoms with E-state index in [0.717, 1.165) is 42.1 Å². The standard InChI is InChI=1S/C16H21N5/c1-4-12-11(15(5-2)21(3)20-12)10-17-16-18-13-8-6-7-9-14(13)19-16/h6-9H,4-5,10H2,1-3H3,(H2,17,18,19). The lowest BCUT2D eigenvalue weighted by atomic mass is 10.1. The van der Waals surface area contributed by atoms with Crippen molar-refractivity contribution >= 4 is 17.0 Å².